The number of nitrogens with one attached hydrogen (secondary N) is 3. The summed E-state index contributed by atoms with van der Waals surface area (Å²) in [5.41, 5.74) is -6.46. The lowest BCUT2D eigenvalue weighted by atomic mass is 9.88. The zero-order valence-corrected chi connectivity index (χ0v) is 36.3. The van der Waals surface area contributed by atoms with Crippen LogP contribution in [0.25, 0.3) is 11.0 Å². The van der Waals surface area contributed by atoms with E-state index in [9.17, 15) is 53.9 Å². The number of allylic oxidation sites excluding steroid dienone is 1. The Hall–Kier alpha value is -5.09. The molecule has 2 saturated carbocycles. The third kappa shape index (κ3) is 9.71. The second-order valence-corrected chi connectivity index (χ2v) is 19.7. The summed E-state index contributed by atoms with van der Waals surface area (Å²) in [5, 5.41) is 5.01. The molecule has 348 valence electrons. The summed E-state index contributed by atoms with van der Waals surface area (Å²) < 4.78 is 131. The van der Waals surface area contributed by atoms with Gasteiger partial charge in [0.15, 0.2) is 11.5 Å². The Balaban J connectivity index is 1.38. The molecule has 1 unspecified atom stereocenters. The van der Waals surface area contributed by atoms with E-state index in [1.807, 2.05) is 6.92 Å². The number of hydrogen-bond acceptors (Lipinski definition) is 12. The maximum atomic E-state index is 14.8. The van der Waals surface area contributed by atoms with Gasteiger partial charge in [0.25, 0.3) is 5.91 Å². The number of methoxy groups -OCH3 is 2. The van der Waals surface area contributed by atoms with Crippen molar-refractivity contribution >= 4 is 44.9 Å². The molecule has 2 aliphatic carbocycles. The number of hydrogen-bond donors (Lipinski definition) is 3. The molecule has 1 aromatic heterocycles. The number of ether oxygens (including phenoxy) is 4. The van der Waals surface area contributed by atoms with Gasteiger partial charge < -0.3 is 34.5 Å². The Labute approximate surface area is 359 Å². The summed E-state index contributed by atoms with van der Waals surface area (Å²) in [6.45, 7) is 5.84. The van der Waals surface area contributed by atoms with E-state index in [1.165, 1.54) is 20.1 Å². The van der Waals surface area contributed by atoms with E-state index in [4.69, 9.17) is 18.9 Å². The Morgan fingerprint density at radius 3 is 2.22 bits per heavy atom. The Morgan fingerprint density at radius 2 is 1.62 bits per heavy atom. The highest BCUT2D eigenvalue weighted by Gasteiger charge is 2.63. The van der Waals surface area contributed by atoms with Gasteiger partial charge in [0.2, 0.25) is 39.0 Å². The monoisotopic (exact) mass is 920 g/mol. The molecular weight excluding hydrogens is 871 g/mol. The zero-order valence-electron chi connectivity index (χ0n) is 35.5. The van der Waals surface area contributed by atoms with Gasteiger partial charge in [0, 0.05) is 24.5 Å². The third-order valence-electron chi connectivity index (χ3n) is 12.2. The number of alkyl halides is 6. The Bertz CT molecular complexity index is 2290. The molecule has 3 N–H and O–H groups in total. The highest BCUT2D eigenvalue weighted by Crippen LogP contribution is 2.48. The minimum absolute atomic E-state index is 0.0142. The fourth-order valence-corrected chi connectivity index (χ4v) is 9.16. The highest BCUT2D eigenvalue weighted by atomic mass is 32.2. The number of fused-ring (bicyclic) bond motifs is 3. The van der Waals surface area contributed by atoms with Crippen molar-refractivity contribution in [2.45, 2.75) is 126 Å². The number of halogens is 6. The largest absolute Gasteiger partial charge is 0.493 e. The van der Waals surface area contributed by atoms with Crippen LogP contribution in [0.15, 0.2) is 24.3 Å². The van der Waals surface area contributed by atoms with Gasteiger partial charge in [0.05, 0.1) is 36.5 Å². The third-order valence-corrected chi connectivity index (χ3v) is 14.4. The molecule has 3 fully saturated rings. The average Bonchev–Trinajstić information content (AvgIpc) is 4.06. The molecule has 6 rings (SSSR count). The molecule has 7 atom stereocenters. The number of aromatic nitrogens is 2. The van der Waals surface area contributed by atoms with Gasteiger partial charge in [-0.05, 0) is 71.1 Å². The van der Waals surface area contributed by atoms with Gasteiger partial charge in [-0.25, -0.2) is 23.2 Å². The molecule has 63 heavy (non-hydrogen) atoms. The number of carbonyl (C=O) groups excluding carboxylic acids is 4. The van der Waals surface area contributed by atoms with Crippen LogP contribution < -0.4 is 29.6 Å². The van der Waals surface area contributed by atoms with Crippen LogP contribution in [0.5, 0.6) is 17.4 Å². The van der Waals surface area contributed by atoms with Gasteiger partial charge in [-0.2, -0.15) is 26.3 Å². The Morgan fingerprint density at radius 1 is 0.968 bits per heavy atom. The maximum absolute atomic E-state index is 14.8. The van der Waals surface area contributed by atoms with Crippen LogP contribution in [0.3, 0.4) is 0 Å². The van der Waals surface area contributed by atoms with Crippen molar-refractivity contribution in [3.8, 4) is 17.4 Å². The van der Waals surface area contributed by atoms with Crippen molar-refractivity contribution < 1.29 is 72.9 Å². The van der Waals surface area contributed by atoms with Gasteiger partial charge >= 0.3 is 18.4 Å². The van der Waals surface area contributed by atoms with Crippen molar-refractivity contribution in [3.05, 3.63) is 30.0 Å². The number of rotatable bonds is 9. The molecule has 3 heterocycles. The molecule has 23 heteroatoms. The van der Waals surface area contributed by atoms with Gasteiger partial charge in [-0.15, -0.1) is 0 Å². The molecular formula is C40H50F6N6O10S. The summed E-state index contributed by atoms with van der Waals surface area (Å²) in [7, 11) is -1.97. The molecule has 0 spiro atoms. The van der Waals surface area contributed by atoms with Crippen LogP contribution in [0.2, 0.25) is 0 Å². The normalized spacial score (nSPS) is 28.3. The fourth-order valence-electron chi connectivity index (χ4n) is 7.85. The molecule has 1 aromatic carbocycles. The number of benzene rings is 1. The molecule has 16 nitrogen and oxygen atoms in total. The van der Waals surface area contributed by atoms with E-state index in [0.717, 1.165) is 18.1 Å². The van der Waals surface area contributed by atoms with E-state index in [2.05, 4.69) is 25.3 Å². The minimum Gasteiger partial charge on any atom is -0.493 e. The summed E-state index contributed by atoms with van der Waals surface area (Å²) in [6.07, 6.45) is -7.40. The number of alkyl carbamates (subject to hydrolysis) is 1. The first-order valence-electron chi connectivity index (χ1n) is 20.2. The molecule has 2 aromatic rings. The van der Waals surface area contributed by atoms with Crippen molar-refractivity contribution in [1.82, 2.24) is 30.2 Å². The Kier molecular flexibility index (Phi) is 12.6. The van der Waals surface area contributed by atoms with Crippen molar-refractivity contribution in [2.24, 2.45) is 17.8 Å². The smallest absolute Gasteiger partial charge is 0.438 e. The quantitative estimate of drug-likeness (QED) is 0.216. The first kappa shape index (κ1) is 47.4. The van der Waals surface area contributed by atoms with Crippen LogP contribution >= 0.6 is 0 Å². The molecule has 4 aliphatic rings. The van der Waals surface area contributed by atoms with Crippen LogP contribution in [-0.4, -0.2) is 108 Å². The van der Waals surface area contributed by atoms with Crippen LogP contribution in [-0.2, 0) is 35.3 Å². The van der Waals surface area contributed by atoms with E-state index in [-0.39, 0.29) is 47.7 Å². The summed E-state index contributed by atoms with van der Waals surface area (Å²) in [4.78, 5) is 65.1. The fraction of sp³-hybridized carbons (Fsp3) is 0.650. The molecule has 4 amide bonds. The summed E-state index contributed by atoms with van der Waals surface area (Å²) in [5.74, 6) is -5.34. The predicted octanol–water partition coefficient (Wildman–Crippen LogP) is 5.34. The molecule has 0 bridgehead atoms. The standard InChI is InChI=1S/C40H50F6N6O10S/c1-20-10-8-9-11-22-18-38(22,34(55)51-63(57,58)37(5)12-13-37)50-31(53)26-15-23(19-52(26)33(54)29(21(2)14-20)49-35(56)62-36(3,4)40(44,45)46)61-28-17-25-24(16-27(28)59-6)47-30(39(41,42)43)32(48-25)60-7/h9,11,16-17,20-23,26,29H,8,10,12-15,18-19H2,1-7H3,(H,49,56)(H,50,53)(H,51,55)/b11-9-/t20-,21-,22?,23-,26+,29+,38-/m1/s1. The van der Waals surface area contributed by atoms with Crippen molar-refractivity contribution in [1.29, 1.82) is 0 Å². The summed E-state index contributed by atoms with van der Waals surface area (Å²) >= 11 is 0. The lowest BCUT2D eigenvalue weighted by molar-refractivity contribution is -0.244. The first-order valence-corrected chi connectivity index (χ1v) is 21.7. The van der Waals surface area contributed by atoms with Gasteiger partial charge in [0.1, 0.15) is 23.7 Å². The average molecular weight is 921 g/mol. The molecule has 2 aliphatic heterocycles. The van der Waals surface area contributed by atoms with Crippen LogP contribution in [0, 0.1) is 17.8 Å². The topological polar surface area (TPSA) is 204 Å². The van der Waals surface area contributed by atoms with Crippen molar-refractivity contribution in [3.63, 3.8) is 0 Å². The van der Waals surface area contributed by atoms with Crippen LogP contribution in [0.4, 0.5) is 31.1 Å². The van der Waals surface area contributed by atoms with Crippen molar-refractivity contribution in [2.75, 3.05) is 20.8 Å². The number of amides is 4. The second kappa shape index (κ2) is 16.8. The number of nitrogens with zero attached hydrogens (tertiary/aromatic N) is 3. The lowest BCUT2D eigenvalue weighted by Gasteiger charge is -2.34. The number of sulfonamides is 1. The van der Waals surface area contributed by atoms with E-state index >= 15 is 0 Å². The maximum Gasteiger partial charge on any atom is 0.438 e. The van der Waals surface area contributed by atoms with E-state index in [0.29, 0.717) is 39.5 Å². The SMILES string of the molecule is COc1cc2nc(C(F)(F)F)c(OC)nc2cc1O[C@@H]1C[C@H]2C(=O)N[C@]3(C(=O)NS(=O)(=O)C4(C)CC4)CC3/C=C\CC[C@@H](C)C[C@@H](C)[C@H](NC(=O)OC(C)(C)C(F)(F)F)C(=O)N2C1. The van der Waals surface area contributed by atoms with Gasteiger partial charge in [-0.3, -0.25) is 19.1 Å². The van der Waals surface area contributed by atoms with E-state index < -0.39 is 110 Å². The highest BCUT2D eigenvalue weighted by molar-refractivity contribution is 7.91. The minimum atomic E-state index is -4.98. The van der Waals surface area contributed by atoms with E-state index in [1.54, 1.807) is 19.1 Å². The summed E-state index contributed by atoms with van der Waals surface area (Å²) in [6, 6.07) is -0.698. The first-order chi connectivity index (χ1) is 29.1. The predicted molar refractivity (Wildman–Crippen MR) is 211 cm³/mol. The zero-order chi connectivity index (χ0) is 46.7. The second-order valence-electron chi connectivity index (χ2n) is 17.6. The molecule has 0 radical (unpaired) electrons. The van der Waals surface area contributed by atoms with Crippen LogP contribution in [0.1, 0.15) is 85.3 Å². The van der Waals surface area contributed by atoms with Gasteiger partial charge in [-0.1, -0.05) is 26.0 Å². The number of carbonyl (C=O) groups is 4. The molecule has 1 saturated heterocycles. The lowest BCUT2D eigenvalue weighted by Crippen LogP contribution is -2.59.